The molecule has 6 rings (SSSR count). The van der Waals surface area contributed by atoms with Gasteiger partial charge >= 0.3 is 0 Å². The van der Waals surface area contributed by atoms with Gasteiger partial charge in [0.1, 0.15) is 5.75 Å². The Bertz CT molecular complexity index is 1210. The smallest absolute Gasteiger partial charge is 0.185 e. The Labute approximate surface area is 162 Å². The molecule has 0 N–H and O–H groups in total. The normalized spacial score (nSPS) is 16.5. The maximum atomic E-state index is 5.43. The molecule has 0 spiro atoms. The average molecular weight is 371 g/mol. The molecule has 1 saturated carbocycles. The van der Waals surface area contributed by atoms with E-state index >= 15 is 0 Å². The van der Waals surface area contributed by atoms with E-state index in [2.05, 4.69) is 51.5 Å². The van der Waals surface area contributed by atoms with Crippen LogP contribution in [0.25, 0.3) is 16.4 Å². The van der Waals surface area contributed by atoms with E-state index < -0.39 is 0 Å². The summed E-state index contributed by atoms with van der Waals surface area (Å²) in [4.78, 5) is 2.38. The van der Waals surface area contributed by atoms with Crippen molar-refractivity contribution < 1.29 is 4.74 Å². The summed E-state index contributed by atoms with van der Waals surface area (Å²) in [5, 5.41) is 16.2. The quantitative estimate of drug-likeness (QED) is 0.549. The van der Waals surface area contributed by atoms with Gasteiger partial charge in [-0.25, -0.2) is 0 Å². The number of hydrogen-bond acceptors (Lipinski definition) is 5. The molecule has 2 aromatic heterocycles. The van der Waals surface area contributed by atoms with E-state index in [9.17, 15) is 0 Å². The third-order valence-electron chi connectivity index (χ3n) is 5.94. The minimum atomic E-state index is 0.503. The molecule has 6 heteroatoms. The van der Waals surface area contributed by atoms with E-state index in [1.54, 1.807) is 7.11 Å². The number of benzene rings is 2. The highest BCUT2D eigenvalue weighted by Gasteiger charge is 2.30. The van der Waals surface area contributed by atoms with E-state index in [-0.39, 0.29) is 0 Å². The maximum Gasteiger partial charge on any atom is 0.185 e. The van der Waals surface area contributed by atoms with E-state index in [4.69, 9.17) is 9.84 Å². The Kier molecular flexibility index (Phi) is 3.36. The van der Waals surface area contributed by atoms with Crippen LogP contribution in [0.15, 0.2) is 42.5 Å². The second-order valence-corrected chi connectivity index (χ2v) is 7.74. The molecule has 1 fully saturated rings. The van der Waals surface area contributed by atoms with Gasteiger partial charge in [0.15, 0.2) is 17.3 Å². The molecule has 1 aliphatic carbocycles. The fourth-order valence-corrected chi connectivity index (χ4v) is 4.25. The molecule has 3 heterocycles. The van der Waals surface area contributed by atoms with E-state index in [1.165, 1.54) is 24.0 Å². The van der Waals surface area contributed by atoms with E-state index in [0.29, 0.717) is 5.92 Å². The molecule has 6 nitrogen and oxygen atoms in total. The fourth-order valence-electron chi connectivity index (χ4n) is 4.25. The first-order chi connectivity index (χ1) is 13.8. The number of hydrogen-bond donors (Lipinski definition) is 0. The lowest BCUT2D eigenvalue weighted by atomic mass is 9.99. The highest BCUT2D eigenvalue weighted by molar-refractivity contribution is 6.00. The number of anilines is 1. The SMILES string of the molecule is COc1ccc2c(c1)CN(c1nn3c(C4CC4)nnc3c3ccccc13)CC2. The summed E-state index contributed by atoms with van der Waals surface area (Å²) in [6.45, 7) is 1.78. The first kappa shape index (κ1) is 15.9. The van der Waals surface area contributed by atoms with E-state index in [1.807, 2.05) is 10.6 Å². The molecule has 0 saturated heterocycles. The van der Waals surface area contributed by atoms with Crippen LogP contribution in [0.4, 0.5) is 5.82 Å². The van der Waals surface area contributed by atoms with Gasteiger partial charge in [0, 0.05) is 29.8 Å². The number of rotatable bonds is 3. The Morgan fingerprint density at radius 3 is 2.68 bits per heavy atom. The van der Waals surface area contributed by atoms with Gasteiger partial charge in [0.2, 0.25) is 0 Å². The van der Waals surface area contributed by atoms with Crippen LogP contribution in [0.2, 0.25) is 0 Å². The van der Waals surface area contributed by atoms with Crippen LogP contribution in [0.3, 0.4) is 0 Å². The molecular weight excluding hydrogens is 350 g/mol. The van der Waals surface area contributed by atoms with Gasteiger partial charge in [-0.1, -0.05) is 30.3 Å². The highest BCUT2D eigenvalue weighted by Crippen LogP contribution is 2.40. The van der Waals surface area contributed by atoms with Crippen LogP contribution in [-0.4, -0.2) is 33.5 Å². The molecule has 2 aliphatic rings. The standard InChI is InChI=1S/C22H21N5O/c1-28-17-9-8-14-10-11-26(13-16(14)12-17)22-19-5-3-2-4-18(19)21-24-23-20(15-6-7-15)27(21)25-22/h2-5,8-9,12,15H,6-7,10-11,13H2,1H3. The van der Waals surface area contributed by atoms with Crippen molar-refractivity contribution >= 4 is 22.2 Å². The molecule has 1 aliphatic heterocycles. The predicted octanol–water partition coefficient (Wildman–Crippen LogP) is 3.73. The molecule has 0 unspecified atom stereocenters. The topological polar surface area (TPSA) is 55.5 Å². The fraction of sp³-hybridized carbons (Fsp3) is 0.318. The van der Waals surface area contributed by atoms with Crippen molar-refractivity contribution in [2.45, 2.75) is 31.7 Å². The van der Waals surface area contributed by atoms with Gasteiger partial charge < -0.3 is 9.64 Å². The van der Waals surface area contributed by atoms with Crippen LogP contribution < -0.4 is 9.64 Å². The predicted molar refractivity (Wildman–Crippen MR) is 108 cm³/mol. The van der Waals surface area contributed by atoms with Crippen molar-refractivity contribution in [3.63, 3.8) is 0 Å². The summed E-state index contributed by atoms with van der Waals surface area (Å²) in [5.74, 6) is 3.42. The molecule has 28 heavy (non-hydrogen) atoms. The Hall–Kier alpha value is -3.15. The van der Waals surface area contributed by atoms with Crippen molar-refractivity contribution in [3.05, 3.63) is 59.4 Å². The van der Waals surface area contributed by atoms with Crippen molar-refractivity contribution in [2.24, 2.45) is 0 Å². The third-order valence-corrected chi connectivity index (χ3v) is 5.94. The zero-order valence-corrected chi connectivity index (χ0v) is 15.8. The van der Waals surface area contributed by atoms with Gasteiger partial charge in [0.25, 0.3) is 0 Å². The van der Waals surface area contributed by atoms with Crippen LogP contribution in [0.1, 0.15) is 35.7 Å². The summed E-state index contributed by atoms with van der Waals surface area (Å²) in [5.41, 5.74) is 3.56. The Morgan fingerprint density at radius 1 is 1.00 bits per heavy atom. The van der Waals surface area contributed by atoms with Gasteiger partial charge in [0.05, 0.1) is 7.11 Å². The lowest BCUT2D eigenvalue weighted by Gasteiger charge is -2.30. The largest absolute Gasteiger partial charge is 0.497 e. The molecular formula is C22H21N5O. The monoisotopic (exact) mass is 371 g/mol. The zero-order valence-electron chi connectivity index (χ0n) is 15.8. The maximum absolute atomic E-state index is 5.43. The van der Waals surface area contributed by atoms with Crippen molar-refractivity contribution in [1.29, 1.82) is 0 Å². The minimum Gasteiger partial charge on any atom is -0.497 e. The Morgan fingerprint density at radius 2 is 1.86 bits per heavy atom. The number of fused-ring (bicyclic) bond motifs is 4. The number of nitrogens with zero attached hydrogens (tertiary/aromatic N) is 5. The first-order valence-corrected chi connectivity index (χ1v) is 9.86. The van der Waals surface area contributed by atoms with Crippen molar-refractivity contribution in [2.75, 3.05) is 18.6 Å². The third kappa shape index (κ3) is 2.37. The highest BCUT2D eigenvalue weighted by atomic mass is 16.5. The van der Waals surface area contributed by atoms with Gasteiger partial charge in [-0.2, -0.15) is 4.52 Å². The lowest BCUT2D eigenvalue weighted by molar-refractivity contribution is 0.413. The van der Waals surface area contributed by atoms with Crippen molar-refractivity contribution in [1.82, 2.24) is 19.8 Å². The Balaban J connectivity index is 1.52. The van der Waals surface area contributed by atoms with Crippen LogP contribution >= 0.6 is 0 Å². The lowest BCUT2D eigenvalue weighted by Crippen LogP contribution is -2.31. The summed E-state index contributed by atoms with van der Waals surface area (Å²) in [6, 6.07) is 14.8. The molecule has 2 aromatic carbocycles. The van der Waals surface area contributed by atoms with Gasteiger partial charge in [-0.05, 0) is 42.5 Å². The van der Waals surface area contributed by atoms with Crippen LogP contribution in [-0.2, 0) is 13.0 Å². The summed E-state index contributed by atoms with van der Waals surface area (Å²) < 4.78 is 7.42. The number of methoxy groups -OCH3 is 1. The molecule has 0 atom stereocenters. The second kappa shape index (κ2) is 5.92. The average Bonchev–Trinajstić information content (AvgIpc) is 3.51. The molecule has 0 amide bonds. The molecule has 0 radical (unpaired) electrons. The number of ether oxygens (including phenoxy) is 1. The molecule has 140 valence electrons. The summed E-state index contributed by atoms with van der Waals surface area (Å²) in [7, 11) is 1.72. The van der Waals surface area contributed by atoms with Gasteiger partial charge in [-0.3, -0.25) is 0 Å². The summed E-state index contributed by atoms with van der Waals surface area (Å²) in [6.07, 6.45) is 3.37. The van der Waals surface area contributed by atoms with Crippen LogP contribution in [0.5, 0.6) is 5.75 Å². The summed E-state index contributed by atoms with van der Waals surface area (Å²) >= 11 is 0. The van der Waals surface area contributed by atoms with Gasteiger partial charge in [-0.15, -0.1) is 15.3 Å². The zero-order chi connectivity index (χ0) is 18.7. The van der Waals surface area contributed by atoms with Crippen molar-refractivity contribution in [3.8, 4) is 5.75 Å². The van der Waals surface area contributed by atoms with Crippen LogP contribution in [0, 0.1) is 0 Å². The molecule has 0 bridgehead atoms. The second-order valence-electron chi connectivity index (χ2n) is 7.74. The molecule has 4 aromatic rings. The van der Waals surface area contributed by atoms with E-state index in [0.717, 1.165) is 53.3 Å². The minimum absolute atomic E-state index is 0.503. The first-order valence-electron chi connectivity index (χ1n) is 9.86. The number of aromatic nitrogens is 4.